The predicted octanol–water partition coefficient (Wildman–Crippen LogP) is 22.2. The summed E-state index contributed by atoms with van der Waals surface area (Å²) in [6.45, 7) is 6.26. The normalized spacial score (nSPS) is 13.5. The van der Waals surface area contributed by atoms with Crippen LogP contribution in [0.2, 0.25) is 0 Å². The first-order valence-corrected chi connectivity index (χ1v) is 31.9. The van der Waals surface area contributed by atoms with Crippen LogP contribution in [0, 0.1) is 0 Å². The molecule has 0 N–H and O–H groups in total. The molecular weight excluding hydrogens is 997 g/mol. The third-order valence-electron chi connectivity index (χ3n) is 12.5. The van der Waals surface area contributed by atoms with Crippen molar-refractivity contribution in [2.45, 2.75) is 245 Å². The minimum atomic E-state index is -0.830. The maximum Gasteiger partial charge on any atom is 0.306 e. The molecule has 6 heteroatoms. The van der Waals surface area contributed by atoms with Crippen molar-refractivity contribution in [1.29, 1.82) is 0 Å². The van der Waals surface area contributed by atoms with Crippen molar-refractivity contribution >= 4 is 17.9 Å². The molecule has 81 heavy (non-hydrogen) atoms. The zero-order valence-corrected chi connectivity index (χ0v) is 51.5. The van der Waals surface area contributed by atoms with Gasteiger partial charge in [0.15, 0.2) is 6.10 Å². The van der Waals surface area contributed by atoms with E-state index in [-0.39, 0.29) is 37.5 Å². The third kappa shape index (κ3) is 64.9. The third-order valence-corrected chi connectivity index (χ3v) is 12.5. The van der Waals surface area contributed by atoms with Gasteiger partial charge in [0, 0.05) is 19.3 Å². The fraction of sp³-hybridized carbons (Fsp3) is 0.533. The topological polar surface area (TPSA) is 78.9 Å². The molecule has 0 amide bonds. The van der Waals surface area contributed by atoms with Gasteiger partial charge in [-0.2, -0.15) is 0 Å². The van der Waals surface area contributed by atoms with Crippen LogP contribution in [0.1, 0.15) is 239 Å². The predicted molar refractivity (Wildman–Crippen MR) is 352 cm³/mol. The second kappa shape index (κ2) is 66.8. The Morgan fingerprint density at radius 3 is 0.765 bits per heavy atom. The first-order chi connectivity index (χ1) is 40.0. The Morgan fingerprint density at radius 2 is 0.481 bits per heavy atom. The number of carbonyl (C=O) groups excluding carboxylic acids is 3. The van der Waals surface area contributed by atoms with Gasteiger partial charge in [-0.05, 0) is 161 Å². The van der Waals surface area contributed by atoms with Crippen molar-refractivity contribution in [3.8, 4) is 0 Å². The highest BCUT2D eigenvalue weighted by atomic mass is 16.6. The van der Waals surface area contributed by atoms with Crippen molar-refractivity contribution in [2.75, 3.05) is 13.2 Å². The summed E-state index contributed by atoms with van der Waals surface area (Å²) in [5.41, 5.74) is 0. The van der Waals surface area contributed by atoms with Crippen molar-refractivity contribution in [2.24, 2.45) is 0 Å². The van der Waals surface area contributed by atoms with Gasteiger partial charge in [-0.3, -0.25) is 14.4 Å². The molecule has 0 heterocycles. The van der Waals surface area contributed by atoms with Crippen LogP contribution in [-0.2, 0) is 28.6 Å². The summed E-state index contributed by atoms with van der Waals surface area (Å²) in [6.07, 6.45) is 101. The van der Waals surface area contributed by atoms with Crippen LogP contribution >= 0.6 is 0 Å². The van der Waals surface area contributed by atoms with Crippen LogP contribution in [0.4, 0.5) is 0 Å². The van der Waals surface area contributed by atoms with Gasteiger partial charge in [-0.15, -0.1) is 0 Å². The lowest BCUT2D eigenvalue weighted by Crippen LogP contribution is -2.30. The Hall–Kier alpha value is -5.75. The Kier molecular flexibility index (Phi) is 62.0. The maximum absolute atomic E-state index is 12.9. The molecule has 0 spiro atoms. The van der Waals surface area contributed by atoms with E-state index < -0.39 is 6.10 Å². The number of carbonyl (C=O) groups is 3. The molecule has 0 saturated carbocycles. The van der Waals surface area contributed by atoms with E-state index in [1.807, 2.05) is 0 Å². The number of hydrogen-bond donors (Lipinski definition) is 0. The second-order valence-electron chi connectivity index (χ2n) is 20.2. The van der Waals surface area contributed by atoms with E-state index in [0.717, 1.165) is 186 Å². The van der Waals surface area contributed by atoms with E-state index in [0.29, 0.717) is 19.3 Å². The Morgan fingerprint density at radius 1 is 0.259 bits per heavy atom. The largest absolute Gasteiger partial charge is 0.462 e. The SMILES string of the molecule is CC/C=C\C/C=C\C/C=C\C/C=C\C/C=C\C/C=C\C/C=C\CCCCCC(=O)OCC(COC(=O)CCCCCCC/C=C\C/C=C\CCC)OC(=O)CCCCC/C=C\C/C=C\C/C=C\C/C=C\C/C=C\C/C=C\C/C=C\CC. The van der Waals surface area contributed by atoms with Crippen molar-refractivity contribution in [3.05, 3.63) is 194 Å². The van der Waals surface area contributed by atoms with Gasteiger partial charge in [-0.1, -0.05) is 254 Å². The van der Waals surface area contributed by atoms with Gasteiger partial charge in [-0.25, -0.2) is 0 Å². The first kappa shape index (κ1) is 75.2. The summed E-state index contributed by atoms with van der Waals surface area (Å²) in [5, 5.41) is 0. The highest BCUT2D eigenvalue weighted by Crippen LogP contribution is 2.12. The summed E-state index contributed by atoms with van der Waals surface area (Å²) in [4.78, 5) is 38.3. The monoisotopic (exact) mass is 1110 g/mol. The van der Waals surface area contributed by atoms with Crippen molar-refractivity contribution in [1.82, 2.24) is 0 Å². The molecule has 0 aliphatic carbocycles. The average molecular weight is 1110 g/mol. The minimum Gasteiger partial charge on any atom is -0.462 e. The fourth-order valence-corrected chi connectivity index (χ4v) is 7.85. The second-order valence-corrected chi connectivity index (χ2v) is 20.2. The molecule has 0 aliphatic heterocycles. The molecule has 450 valence electrons. The summed E-state index contributed by atoms with van der Waals surface area (Å²) in [6, 6.07) is 0. The molecule has 0 fully saturated rings. The molecule has 0 saturated heterocycles. The lowest BCUT2D eigenvalue weighted by Gasteiger charge is -2.18. The van der Waals surface area contributed by atoms with Crippen LogP contribution in [-0.4, -0.2) is 37.2 Å². The van der Waals surface area contributed by atoms with Gasteiger partial charge in [0.2, 0.25) is 0 Å². The zero-order chi connectivity index (χ0) is 58.5. The lowest BCUT2D eigenvalue weighted by molar-refractivity contribution is -0.167. The molecule has 0 aromatic heterocycles. The summed E-state index contributed by atoms with van der Waals surface area (Å²) >= 11 is 0. The highest BCUT2D eigenvalue weighted by molar-refractivity contribution is 5.71. The van der Waals surface area contributed by atoms with Crippen LogP contribution < -0.4 is 0 Å². The summed E-state index contributed by atoms with van der Waals surface area (Å²) in [7, 11) is 0. The maximum atomic E-state index is 12.9. The number of allylic oxidation sites excluding steroid dienone is 32. The van der Waals surface area contributed by atoms with E-state index in [2.05, 4.69) is 215 Å². The Bertz CT molecular complexity index is 1950. The van der Waals surface area contributed by atoms with E-state index in [9.17, 15) is 14.4 Å². The standard InChI is InChI=1S/C75H114O6/c1-4-7-10-13-16-19-22-25-27-29-31-33-35-37-39-41-43-45-47-50-53-56-59-62-65-68-74(77)80-71-72(70-79-73(76)67-64-61-58-55-52-49-24-21-18-15-12-9-6-3)81-75(78)69-66-63-60-57-54-51-48-46-44-42-40-38-36-34-32-30-28-26-23-20-17-14-11-8-5-2/h7-8,10-12,15-17,19-21,24-28,31-34,37-40,43-46,50-51,53-54,72H,4-6,9,13-14,18,22-23,29-30,35-36,41-42,47-49,52,55-71H2,1-3H3/b10-7-,11-8-,15-12-,19-16-,20-17-,24-21-,27-25-,28-26-,33-31-,34-32-,39-37-,40-38-,45-43-,46-44-,53-50-,54-51-. The molecule has 1 unspecified atom stereocenters. The molecule has 0 aromatic carbocycles. The smallest absolute Gasteiger partial charge is 0.306 e. The van der Waals surface area contributed by atoms with E-state index in [1.165, 1.54) is 6.42 Å². The van der Waals surface area contributed by atoms with Crippen molar-refractivity contribution in [3.63, 3.8) is 0 Å². The molecule has 1 atom stereocenters. The van der Waals surface area contributed by atoms with Gasteiger partial charge in [0.05, 0.1) is 0 Å². The van der Waals surface area contributed by atoms with Crippen LogP contribution in [0.3, 0.4) is 0 Å². The molecule has 0 radical (unpaired) electrons. The minimum absolute atomic E-state index is 0.121. The molecule has 0 rings (SSSR count). The fourth-order valence-electron chi connectivity index (χ4n) is 7.85. The highest BCUT2D eigenvalue weighted by Gasteiger charge is 2.19. The number of ether oxygens (including phenoxy) is 3. The van der Waals surface area contributed by atoms with Crippen LogP contribution in [0.15, 0.2) is 194 Å². The number of unbranched alkanes of at least 4 members (excludes halogenated alkanes) is 12. The summed E-state index contributed by atoms with van der Waals surface area (Å²) < 4.78 is 16.8. The van der Waals surface area contributed by atoms with Gasteiger partial charge >= 0.3 is 17.9 Å². The van der Waals surface area contributed by atoms with E-state index in [4.69, 9.17) is 14.2 Å². The molecule has 0 aliphatic rings. The van der Waals surface area contributed by atoms with Crippen molar-refractivity contribution < 1.29 is 28.6 Å². The molecule has 6 nitrogen and oxygen atoms in total. The molecule has 0 aromatic rings. The summed E-state index contributed by atoms with van der Waals surface area (Å²) in [5.74, 6) is -1.01. The Labute approximate surface area is 497 Å². The first-order valence-electron chi connectivity index (χ1n) is 31.9. The lowest BCUT2D eigenvalue weighted by atomic mass is 10.1. The quantitative estimate of drug-likeness (QED) is 0.0261. The zero-order valence-electron chi connectivity index (χ0n) is 51.5. The van der Waals surface area contributed by atoms with Crippen LogP contribution in [0.5, 0.6) is 0 Å². The van der Waals surface area contributed by atoms with E-state index >= 15 is 0 Å². The number of hydrogen-bond acceptors (Lipinski definition) is 6. The molecule has 0 bridgehead atoms. The molecular formula is C75H114O6. The average Bonchev–Trinajstić information content (AvgIpc) is 3.46. The number of rotatable bonds is 55. The number of esters is 3. The van der Waals surface area contributed by atoms with Gasteiger partial charge in [0.1, 0.15) is 13.2 Å². The van der Waals surface area contributed by atoms with Gasteiger partial charge < -0.3 is 14.2 Å². The van der Waals surface area contributed by atoms with Crippen LogP contribution in [0.25, 0.3) is 0 Å². The van der Waals surface area contributed by atoms with E-state index in [1.54, 1.807) is 0 Å². The Balaban J connectivity index is 4.54. The van der Waals surface area contributed by atoms with Gasteiger partial charge in [0.25, 0.3) is 0 Å².